The highest BCUT2D eigenvalue weighted by atomic mass is 79.9. The molecule has 0 aliphatic carbocycles. The molecular weight excluding hydrogens is 412 g/mol. The van der Waals surface area contributed by atoms with Crippen LogP contribution in [0.4, 0.5) is 5.69 Å². The predicted octanol–water partition coefficient (Wildman–Crippen LogP) is 4.25. The fraction of sp³-hybridized carbons (Fsp3) is 0.211. The number of aromatic nitrogens is 2. The van der Waals surface area contributed by atoms with Crippen LogP contribution in [0.5, 0.6) is 0 Å². The molecule has 0 N–H and O–H groups in total. The Labute approximate surface area is 163 Å². The van der Waals surface area contributed by atoms with Gasteiger partial charge in [0.2, 0.25) is 0 Å². The maximum atomic E-state index is 13.0. The van der Waals surface area contributed by atoms with Gasteiger partial charge in [-0.05, 0) is 24.3 Å². The van der Waals surface area contributed by atoms with Crippen LogP contribution in [0.3, 0.4) is 0 Å². The molecule has 0 fully saturated rings. The number of nitrogens with zero attached hydrogens (tertiary/aromatic N) is 4. The largest absolute Gasteiger partial charge is 0.282 e. The summed E-state index contributed by atoms with van der Waals surface area (Å²) in [6.45, 7) is 5.78. The Bertz CT molecular complexity index is 1130. The Morgan fingerprint density at radius 1 is 1.22 bits per heavy atom. The molecule has 8 heteroatoms. The summed E-state index contributed by atoms with van der Waals surface area (Å²) in [5, 5.41) is 15.9. The fourth-order valence-corrected chi connectivity index (χ4v) is 2.99. The third-order valence-electron chi connectivity index (χ3n) is 3.92. The van der Waals surface area contributed by atoms with Crippen LogP contribution in [0.15, 0.2) is 56.8 Å². The summed E-state index contributed by atoms with van der Waals surface area (Å²) < 4.78 is 1.97. The maximum absolute atomic E-state index is 13.0. The molecule has 27 heavy (non-hydrogen) atoms. The fourth-order valence-electron chi connectivity index (χ4n) is 2.62. The lowest BCUT2D eigenvalue weighted by Gasteiger charge is -2.20. The number of nitro groups is 1. The van der Waals surface area contributed by atoms with Crippen LogP contribution in [0.2, 0.25) is 0 Å². The number of nitro benzene ring substituents is 1. The smallest absolute Gasteiger partial charge is 0.267 e. The van der Waals surface area contributed by atoms with Crippen LogP contribution in [0, 0.1) is 10.1 Å². The summed E-state index contributed by atoms with van der Waals surface area (Å²) in [7, 11) is 0. The van der Waals surface area contributed by atoms with Gasteiger partial charge in [0.1, 0.15) is 5.82 Å². The highest BCUT2D eigenvalue weighted by Crippen LogP contribution is 2.23. The molecule has 0 radical (unpaired) electrons. The van der Waals surface area contributed by atoms with Crippen LogP contribution >= 0.6 is 15.9 Å². The van der Waals surface area contributed by atoms with E-state index in [0.717, 1.165) is 4.47 Å². The number of fused-ring (bicyclic) bond motifs is 1. The molecule has 7 nitrogen and oxygen atoms in total. The van der Waals surface area contributed by atoms with E-state index in [1.807, 2.05) is 26.8 Å². The van der Waals surface area contributed by atoms with Crippen LogP contribution in [0.1, 0.15) is 32.2 Å². The first-order valence-electron chi connectivity index (χ1n) is 8.19. The van der Waals surface area contributed by atoms with Crippen molar-refractivity contribution < 1.29 is 4.92 Å². The first-order valence-corrected chi connectivity index (χ1v) is 8.98. The molecule has 0 bridgehead atoms. The van der Waals surface area contributed by atoms with Gasteiger partial charge >= 0.3 is 0 Å². The molecule has 1 heterocycles. The lowest BCUT2D eigenvalue weighted by atomic mass is 9.95. The molecule has 0 atom stereocenters. The summed E-state index contributed by atoms with van der Waals surface area (Å²) in [4.78, 5) is 28.4. The lowest BCUT2D eigenvalue weighted by molar-refractivity contribution is -0.385. The molecule has 2 aromatic carbocycles. The van der Waals surface area contributed by atoms with Gasteiger partial charge in [0.15, 0.2) is 0 Å². The van der Waals surface area contributed by atoms with Gasteiger partial charge in [0.25, 0.3) is 11.2 Å². The number of halogens is 1. The van der Waals surface area contributed by atoms with Gasteiger partial charge in [-0.1, -0.05) is 48.8 Å². The van der Waals surface area contributed by atoms with Crippen LogP contribution in [-0.4, -0.2) is 20.8 Å². The zero-order valence-corrected chi connectivity index (χ0v) is 16.6. The van der Waals surface area contributed by atoms with Gasteiger partial charge in [0, 0.05) is 16.0 Å². The average Bonchev–Trinajstić information content (AvgIpc) is 2.60. The maximum Gasteiger partial charge on any atom is 0.282 e. The molecule has 0 saturated heterocycles. The molecule has 0 saturated carbocycles. The van der Waals surface area contributed by atoms with Crippen molar-refractivity contribution in [3.63, 3.8) is 0 Å². The number of hydrogen-bond donors (Lipinski definition) is 0. The summed E-state index contributed by atoms with van der Waals surface area (Å²) in [6, 6.07) is 11.5. The second kappa shape index (κ2) is 7.03. The van der Waals surface area contributed by atoms with Crippen molar-refractivity contribution in [2.45, 2.75) is 26.2 Å². The number of benzene rings is 2. The standard InChI is InChI=1S/C19H17BrN4O3/c1-19(2,3)18-22-15-9-8-13(20)10-14(15)17(25)23(18)21-11-12-6-4-5-7-16(12)24(26)27/h4-11H,1-3H3. The quantitative estimate of drug-likeness (QED) is 0.354. The lowest BCUT2D eigenvalue weighted by Crippen LogP contribution is -2.29. The Hall–Kier alpha value is -2.87. The normalized spacial score (nSPS) is 12.0. The summed E-state index contributed by atoms with van der Waals surface area (Å²) >= 11 is 3.36. The van der Waals surface area contributed by atoms with Crippen molar-refractivity contribution in [3.05, 3.63) is 78.8 Å². The van der Waals surface area contributed by atoms with Crippen molar-refractivity contribution in [2.24, 2.45) is 5.10 Å². The zero-order chi connectivity index (χ0) is 19.8. The molecule has 138 valence electrons. The summed E-state index contributed by atoms with van der Waals surface area (Å²) in [6.07, 6.45) is 1.32. The van der Waals surface area contributed by atoms with E-state index < -0.39 is 10.3 Å². The monoisotopic (exact) mass is 428 g/mol. The topological polar surface area (TPSA) is 90.4 Å². The Balaban J connectivity index is 2.26. The van der Waals surface area contributed by atoms with Crippen molar-refractivity contribution in [3.8, 4) is 0 Å². The van der Waals surface area contributed by atoms with E-state index in [0.29, 0.717) is 22.3 Å². The number of hydrogen-bond acceptors (Lipinski definition) is 5. The average molecular weight is 429 g/mol. The zero-order valence-electron chi connectivity index (χ0n) is 15.0. The van der Waals surface area contributed by atoms with E-state index in [-0.39, 0.29) is 11.2 Å². The third-order valence-corrected chi connectivity index (χ3v) is 4.42. The molecule has 0 amide bonds. The molecule has 0 spiro atoms. The van der Waals surface area contributed by atoms with Crippen molar-refractivity contribution in [1.29, 1.82) is 0 Å². The highest BCUT2D eigenvalue weighted by molar-refractivity contribution is 9.10. The summed E-state index contributed by atoms with van der Waals surface area (Å²) in [5.41, 5.74) is 0.0124. The Morgan fingerprint density at radius 2 is 1.93 bits per heavy atom. The predicted molar refractivity (Wildman–Crippen MR) is 108 cm³/mol. The molecule has 0 aliphatic rings. The SMILES string of the molecule is CC(C)(C)c1nc2ccc(Br)cc2c(=O)n1N=Cc1ccccc1[N+](=O)[O-]. The first kappa shape index (κ1) is 18.9. The number of para-hydroxylation sites is 1. The van der Waals surface area contributed by atoms with Gasteiger partial charge in [0.05, 0.1) is 27.6 Å². The van der Waals surface area contributed by atoms with Gasteiger partial charge in [-0.2, -0.15) is 9.78 Å². The number of rotatable bonds is 3. The van der Waals surface area contributed by atoms with E-state index in [9.17, 15) is 14.9 Å². The van der Waals surface area contributed by atoms with Crippen molar-refractivity contribution >= 4 is 38.7 Å². The van der Waals surface area contributed by atoms with Crippen LogP contribution < -0.4 is 5.56 Å². The van der Waals surface area contributed by atoms with Gasteiger partial charge < -0.3 is 0 Å². The van der Waals surface area contributed by atoms with Gasteiger partial charge in [-0.15, -0.1) is 0 Å². The van der Waals surface area contributed by atoms with Crippen molar-refractivity contribution in [2.75, 3.05) is 0 Å². The minimum Gasteiger partial charge on any atom is -0.267 e. The Kier molecular flexibility index (Phi) is 4.93. The van der Waals surface area contributed by atoms with Crippen LogP contribution in [0.25, 0.3) is 10.9 Å². The van der Waals surface area contributed by atoms with Gasteiger partial charge in [-0.3, -0.25) is 14.9 Å². The highest BCUT2D eigenvalue weighted by Gasteiger charge is 2.23. The molecule has 0 aliphatic heterocycles. The molecule has 3 rings (SSSR count). The van der Waals surface area contributed by atoms with E-state index in [1.165, 1.54) is 17.0 Å². The van der Waals surface area contributed by atoms with E-state index >= 15 is 0 Å². The van der Waals surface area contributed by atoms with E-state index in [1.54, 1.807) is 30.3 Å². The van der Waals surface area contributed by atoms with Gasteiger partial charge in [-0.25, -0.2) is 4.98 Å². The molecule has 1 aromatic heterocycles. The van der Waals surface area contributed by atoms with E-state index in [4.69, 9.17) is 0 Å². The minimum atomic E-state index is -0.482. The Morgan fingerprint density at radius 3 is 2.59 bits per heavy atom. The molecule has 0 unspecified atom stereocenters. The van der Waals surface area contributed by atoms with Crippen molar-refractivity contribution in [1.82, 2.24) is 9.66 Å². The minimum absolute atomic E-state index is 0.0805. The first-order chi connectivity index (χ1) is 12.7. The van der Waals surface area contributed by atoms with E-state index in [2.05, 4.69) is 26.0 Å². The molecular formula is C19H17BrN4O3. The summed E-state index contributed by atoms with van der Waals surface area (Å²) in [5.74, 6) is 0.470. The third kappa shape index (κ3) is 3.80. The van der Waals surface area contributed by atoms with Crippen LogP contribution in [-0.2, 0) is 5.41 Å². The second-order valence-corrected chi connectivity index (χ2v) is 7.94. The molecule has 3 aromatic rings. The second-order valence-electron chi connectivity index (χ2n) is 7.02.